The molecule has 7 nitrogen and oxygen atoms in total. The zero-order chi connectivity index (χ0) is 20.4. The van der Waals surface area contributed by atoms with Crippen LogP contribution in [-0.4, -0.2) is 34.2 Å². The lowest BCUT2D eigenvalue weighted by Gasteiger charge is -2.30. The maximum atomic E-state index is 12.8. The number of hydrogen-bond donors (Lipinski definition) is 1. The van der Waals surface area contributed by atoms with E-state index >= 15 is 0 Å². The topological polar surface area (TPSA) is 107 Å². The summed E-state index contributed by atoms with van der Waals surface area (Å²) >= 11 is 0. The summed E-state index contributed by atoms with van der Waals surface area (Å²) < 4.78 is 54.4. The largest absolute Gasteiger partial charge is 0.280 e. The summed E-state index contributed by atoms with van der Waals surface area (Å²) in [6.45, 7) is 3.02. The first kappa shape index (κ1) is 20.3. The number of nitriles is 1. The van der Waals surface area contributed by atoms with E-state index in [1.165, 1.54) is 52.8 Å². The highest BCUT2D eigenvalue weighted by molar-refractivity contribution is 7.92. The minimum Gasteiger partial charge on any atom is -0.280 e. The summed E-state index contributed by atoms with van der Waals surface area (Å²) in [6.07, 6.45) is 1.85. The Morgan fingerprint density at radius 3 is 2.43 bits per heavy atom. The van der Waals surface area contributed by atoms with Crippen molar-refractivity contribution < 1.29 is 16.8 Å². The first-order valence-electron chi connectivity index (χ1n) is 8.85. The molecule has 0 amide bonds. The Labute approximate surface area is 165 Å². The van der Waals surface area contributed by atoms with Gasteiger partial charge < -0.3 is 0 Å². The van der Waals surface area contributed by atoms with Crippen molar-refractivity contribution in [3.63, 3.8) is 0 Å². The lowest BCUT2D eigenvalue weighted by atomic mass is 10.0. The van der Waals surface area contributed by atoms with Crippen molar-refractivity contribution in [1.82, 2.24) is 4.31 Å². The van der Waals surface area contributed by atoms with Crippen molar-refractivity contribution in [2.24, 2.45) is 5.92 Å². The van der Waals surface area contributed by atoms with Crippen LogP contribution in [0.3, 0.4) is 0 Å². The molecule has 0 aromatic heterocycles. The number of nitrogens with zero attached hydrogens (tertiary/aromatic N) is 2. The van der Waals surface area contributed by atoms with Gasteiger partial charge in [0.05, 0.1) is 21.4 Å². The molecule has 1 atom stereocenters. The molecule has 0 radical (unpaired) electrons. The molecule has 3 rings (SSSR count). The summed E-state index contributed by atoms with van der Waals surface area (Å²) in [7, 11) is -7.48. The second-order valence-electron chi connectivity index (χ2n) is 6.88. The molecule has 1 aliphatic heterocycles. The second-order valence-corrected chi connectivity index (χ2v) is 10.5. The Bertz CT molecular complexity index is 1100. The van der Waals surface area contributed by atoms with Gasteiger partial charge in [-0.2, -0.15) is 9.57 Å². The Balaban J connectivity index is 1.80. The third-order valence-corrected chi connectivity index (χ3v) is 7.90. The second kappa shape index (κ2) is 7.91. The monoisotopic (exact) mass is 419 g/mol. The van der Waals surface area contributed by atoms with Crippen LogP contribution >= 0.6 is 0 Å². The number of hydrogen-bond acceptors (Lipinski definition) is 5. The van der Waals surface area contributed by atoms with Crippen molar-refractivity contribution in [3.05, 3.63) is 54.1 Å². The van der Waals surface area contributed by atoms with Gasteiger partial charge in [0.15, 0.2) is 0 Å². The average Bonchev–Trinajstić information content (AvgIpc) is 2.68. The number of nitrogens with one attached hydrogen (secondary N) is 1. The highest BCUT2D eigenvalue weighted by atomic mass is 32.2. The van der Waals surface area contributed by atoms with Gasteiger partial charge in [0.25, 0.3) is 10.0 Å². The van der Waals surface area contributed by atoms with E-state index in [0.29, 0.717) is 19.0 Å². The molecule has 2 aromatic rings. The molecule has 0 spiro atoms. The normalized spacial score (nSPS) is 18.4. The number of sulfonamides is 2. The minimum absolute atomic E-state index is 0.0365. The predicted molar refractivity (Wildman–Crippen MR) is 106 cm³/mol. The van der Waals surface area contributed by atoms with Crippen LogP contribution in [0.1, 0.15) is 25.3 Å². The van der Waals surface area contributed by atoms with Gasteiger partial charge in [0, 0.05) is 18.8 Å². The summed E-state index contributed by atoms with van der Waals surface area (Å²) in [4.78, 5) is 0.0987. The highest BCUT2D eigenvalue weighted by Crippen LogP contribution is 2.25. The van der Waals surface area contributed by atoms with Crippen molar-refractivity contribution in [3.8, 4) is 6.07 Å². The average molecular weight is 420 g/mol. The third kappa shape index (κ3) is 4.35. The maximum Gasteiger partial charge on any atom is 0.261 e. The van der Waals surface area contributed by atoms with Crippen LogP contribution in [0, 0.1) is 17.2 Å². The molecular weight excluding hydrogens is 398 g/mol. The molecule has 1 aliphatic rings. The maximum absolute atomic E-state index is 12.8. The fourth-order valence-electron chi connectivity index (χ4n) is 3.16. The molecule has 0 saturated carbocycles. The van der Waals surface area contributed by atoms with Crippen molar-refractivity contribution >= 4 is 25.7 Å². The molecule has 1 heterocycles. The van der Waals surface area contributed by atoms with Gasteiger partial charge in [0.2, 0.25) is 10.0 Å². The lowest BCUT2D eigenvalue weighted by molar-refractivity contribution is 0.281. The number of anilines is 1. The molecular formula is C19H21N3O4S2. The molecule has 9 heteroatoms. The molecule has 1 N–H and O–H groups in total. The van der Waals surface area contributed by atoms with Crippen LogP contribution < -0.4 is 4.72 Å². The van der Waals surface area contributed by atoms with Gasteiger partial charge in [-0.3, -0.25) is 4.72 Å². The fraction of sp³-hybridized carbons (Fsp3) is 0.316. The number of rotatable bonds is 5. The Morgan fingerprint density at radius 2 is 1.79 bits per heavy atom. The van der Waals surface area contributed by atoms with E-state index in [1.54, 1.807) is 0 Å². The standard InChI is InChI=1S/C19H21N3O4S2/c1-15-4-3-11-22(14-15)28(25,26)18-9-7-17(8-10-18)21-27(23,24)19-6-2-5-16(12-19)13-20/h2,5-10,12,15,21H,3-4,11,14H2,1H3/t15-/m0/s1. The quantitative estimate of drug-likeness (QED) is 0.802. The lowest BCUT2D eigenvalue weighted by Crippen LogP contribution is -2.39. The molecule has 28 heavy (non-hydrogen) atoms. The number of benzene rings is 2. The summed E-state index contributed by atoms with van der Waals surface area (Å²) in [6, 6.07) is 13.2. The van der Waals surface area contributed by atoms with Gasteiger partial charge in [-0.15, -0.1) is 0 Å². The van der Waals surface area contributed by atoms with Crippen LogP contribution in [-0.2, 0) is 20.0 Å². The van der Waals surface area contributed by atoms with Gasteiger partial charge in [-0.05, 0) is 61.2 Å². The van der Waals surface area contributed by atoms with E-state index in [-0.39, 0.29) is 21.0 Å². The Hall–Kier alpha value is -2.41. The molecule has 0 aliphatic carbocycles. The molecule has 2 aromatic carbocycles. The molecule has 148 valence electrons. The molecule has 1 fully saturated rings. The number of piperidine rings is 1. The van der Waals surface area contributed by atoms with Crippen LogP contribution in [0.2, 0.25) is 0 Å². The summed E-state index contributed by atoms with van der Waals surface area (Å²) in [5, 5.41) is 8.92. The van der Waals surface area contributed by atoms with E-state index < -0.39 is 20.0 Å². The van der Waals surface area contributed by atoms with Crippen LogP contribution in [0.5, 0.6) is 0 Å². The Morgan fingerprint density at radius 1 is 1.07 bits per heavy atom. The van der Waals surface area contributed by atoms with E-state index in [2.05, 4.69) is 4.72 Å². The zero-order valence-electron chi connectivity index (χ0n) is 15.4. The minimum atomic E-state index is -3.88. The summed E-state index contributed by atoms with van der Waals surface area (Å²) in [5.74, 6) is 0.318. The molecule has 0 unspecified atom stereocenters. The van der Waals surface area contributed by atoms with E-state index in [0.717, 1.165) is 12.8 Å². The van der Waals surface area contributed by atoms with E-state index in [4.69, 9.17) is 5.26 Å². The fourth-order valence-corrected chi connectivity index (χ4v) is 5.86. The van der Waals surface area contributed by atoms with Crippen molar-refractivity contribution in [2.75, 3.05) is 17.8 Å². The first-order chi connectivity index (χ1) is 13.2. The van der Waals surface area contributed by atoms with Crippen LogP contribution in [0.25, 0.3) is 0 Å². The van der Waals surface area contributed by atoms with Crippen LogP contribution in [0.15, 0.2) is 58.3 Å². The van der Waals surface area contributed by atoms with Crippen molar-refractivity contribution in [2.45, 2.75) is 29.6 Å². The van der Waals surface area contributed by atoms with Gasteiger partial charge in [-0.1, -0.05) is 13.0 Å². The smallest absolute Gasteiger partial charge is 0.261 e. The summed E-state index contributed by atoms with van der Waals surface area (Å²) in [5.41, 5.74) is 0.480. The van der Waals surface area contributed by atoms with Gasteiger partial charge in [-0.25, -0.2) is 16.8 Å². The van der Waals surface area contributed by atoms with Gasteiger partial charge in [0.1, 0.15) is 0 Å². The van der Waals surface area contributed by atoms with Crippen LogP contribution in [0.4, 0.5) is 5.69 Å². The highest BCUT2D eigenvalue weighted by Gasteiger charge is 2.28. The third-order valence-electron chi connectivity index (χ3n) is 4.64. The van der Waals surface area contributed by atoms with Crippen molar-refractivity contribution in [1.29, 1.82) is 5.26 Å². The van der Waals surface area contributed by atoms with Gasteiger partial charge >= 0.3 is 0 Å². The predicted octanol–water partition coefficient (Wildman–Crippen LogP) is 2.78. The SMILES string of the molecule is C[C@H]1CCCN(S(=O)(=O)c2ccc(NS(=O)(=O)c3cccc(C#N)c3)cc2)C1. The first-order valence-corrected chi connectivity index (χ1v) is 11.8. The zero-order valence-corrected chi connectivity index (χ0v) is 17.0. The Kier molecular flexibility index (Phi) is 5.74. The van der Waals surface area contributed by atoms with E-state index in [9.17, 15) is 16.8 Å². The molecule has 1 saturated heterocycles. The van der Waals surface area contributed by atoms with E-state index in [1.807, 2.05) is 13.0 Å². The molecule has 0 bridgehead atoms.